The molecular formula is C10H17NO2. The van der Waals surface area contributed by atoms with Crippen LogP contribution in [-0.4, -0.2) is 11.7 Å². The molecule has 3 nitrogen and oxygen atoms in total. The van der Waals surface area contributed by atoms with E-state index in [9.17, 15) is 5.11 Å². The molecule has 0 saturated heterocycles. The van der Waals surface area contributed by atoms with E-state index < -0.39 is 6.10 Å². The smallest absolute Gasteiger partial charge is 0.132 e. The van der Waals surface area contributed by atoms with Gasteiger partial charge in [0.05, 0.1) is 6.26 Å². The van der Waals surface area contributed by atoms with Gasteiger partial charge in [-0.05, 0) is 31.5 Å². The van der Waals surface area contributed by atoms with E-state index in [4.69, 9.17) is 10.2 Å². The summed E-state index contributed by atoms with van der Waals surface area (Å²) < 4.78 is 5.21. The summed E-state index contributed by atoms with van der Waals surface area (Å²) in [7, 11) is 0. The van der Waals surface area contributed by atoms with E-state index >= 15 is 0 Å². The molecule has 3 N–H and O–H groups in total. The van der Waals surface area contributed by atoms with E-state index in [1.54, 1.807) is 6.26 Å². The van der Waals surface area contributed by atoms with E-state index in [0.717, 1.165) is 12.0 Å². The number of aliphatic hydroxyl groups excluding tert-OH is 1. The molecule has 3 heteroatoms. The Morgan fingerprint density at radius 2 is 2.31 bits per heavy atom. The van der Waals surface area contributed by atoms with Crippen LogP contribution in [0.5, 0.6) is 0 Å². The maximum Gasteiger partial charge on any atom is 0.132 e. The van der Waals surface area contributed by atoms with Crippen molar-refractivity contribution in [2.24, 2.45) is 11.7 Å². The number of nitrogens with two attached hydrogens (primary N) is 1. The minimum atomic E-state index is -0.566. The van der Waals surface area contributed by atoms with Gasteiger partial charge in [-0.3, -0.25) is 0 Å². The highest BCUT2D eigenvalue weighted by Crippen LogP contribution is 2.25. The topological polar surface area (TPSA) is 59.4 Å². The lowest BCUT2D eigenvalue weighted by Crippen LogP contribution is -2.20. The second-order valence-corrected chi connectivity index (χ2v) is 3.38. The first-order valence-electron chi connectivity index (χ1n) is 4.62. The van der Waals surface area contributed by atoms with Crippen LogP contribution >= 0.6 is 0 Å². The van der Waals surface area contributed by atoms with Crippen molar-refractivity contribution in [2.75, 3.05) is 6.54 Å². The average molecular weight is 183 g/mol. The van der Waals surface area contributed by atoms with Crippen LogP contribution in [0.15, 0.2) is 16.7 Å². The molecule has 0 aliphatic rings. The van der Waals surface area contributed by atoms with Gasteiger partial charge in [0, 0.05) is 5.92 Å². The lowest BCUT2D eigenvalue weighted by Gasteiger charge is -2.17. The molecule has 0 amide bonds. The molecule has 0 fully saturated rings. The summed E-state index contributed by atoms with van der Waals surface area (Å²) in [6.07, 6.45) is 1.93. The summed E-state index contributed by atoms with van der Waals surface area (Å²) in [5, 5.41) is 9.82. The van der Waals surface area contributed by atoms with E-state index in [2.05, 4.69) is 0 Å². The molecule has 13 heavy (non-hydrogen) atoms. The largest absolute Gasteiger partial charge is 0.466 e. The summed E-state index contributed by atoms with van der Waals surface area (Å²) in [5.41, 5.74) is 6.56. The molecule has 2 unspecified atom stereocenters. The minimum Gasteiger partial charge on any atom is -0.466 e. The molecule has 0 aromatic carbocycles. The maximum absolute atomic E-state index is 9.82. The van der Waals surface area contributed by atoms with Crippen LogP contribution in [0.2, 0.25) is 0 Å². The Morgan fingerprint density at radius 1 is 1.62 bits per heavy atom. The fourth-order valence-electron chi connectivity index (χ4n) is 1.36. The summed E-state index contributed by atoms with van der Waals surface area (Å²) in [6, 6.07) is 1.85. The Labute approximate surface area is 78.5 Å². The lowest BCUT2D eigenvalue weighted by molar-refractivity contribution is 0.0874. The summed E-state index contributed by atoms with van der Waals surface area (Å²) in [4.78, 5) is 0. The number of hydrogen-bond donors (Lipinski definition) is 2. The first-order chi connectivity index (χ1) is 6.19. The molecule has 0 aliphatic carbocycles. The quantitative estimate of drug-likeness (QED) is 0.745. The van der Waals surface area contributed by atoms with Crippen molar-refractivity contribution in [3.8, 4) is 0 Å². The summed E-state index contributed by atoms with van der Waals surface area (Å²) in [6.45, 7) is 4.43. The molecule has 0 saturated carbocycles. The third kappa shape index (κ3) is 2.32. The van der Waals surface area contributed by atoms with E-state index in [1.165, 1.54) is 0 Å². The zero-order valence-corrected chi connectivity index (χ0v) is 8.16. The molecular weight excluding hydrogens is 166 g/mol. The van der Waals surface area contributed by atoms with E-state index in [0.29, 0.717) is 12.3 Å². The first-order valence-corrected chi connectivity index (χ1v) is 4.62. The van der Waals surface area contributed by atoms with Crippen molar-refractivity contribution in [3.63, 3.8) is 0 Å². The Bertz CT molecular complexity index is 253. The standard InChI is InChI=1S/C10H17NO2/c1-3-8(5-11)10(12)9-4-7(2)6-13-9/h4,6,8,10,12H,3,5,11H2,1-2H3. The molecule has 1 aromatic rings. The number of aliphatic hydroxyl groups is 1. The predicted octanol–water partition coefficient (Wildman–Crippen LogP) is 1.61. The fourth-order valence-corrected chi connectivity index (χ4v) is 1.36. The Balaban J connectivity index is 2.71. The normalized spacial score (nSPS) is 15.7. The first kappa shape index (κ1) is 10.3. The number of furan rings is 1. The van der Waals surface area contributed by atoms with Gasteiger partial charge in [-0.1, -0.05) is 6.92 Å². The van der Waals surface area contributed by atoms with Gasteiger partial charge in [0.2, 0.25) is 0 Å². The predicted molar refractivity (Wildman–Crippen MR) is 51.2 cm³/mol. The molecule has 2 atom stereocenters. The van der Waals surface area contributed by atoms with Crippen molar-refractivity contribution in [3.05, 3.63) is 23.7 Å². The molecule has 1 heterocycles. The van der Waals surface area contributed by atoms with Gasteiger partial charge in [0.15, 0.2) is 0 Å². The average Bonchev–Trinajstić information content (AvgIpc) is 2.54. The minimum absolute atomic E-state index is 0.0885. The maximum atomic E-state index is 9.82. The molecule has 0 spiro atoms. The lowest BCUT2D eigenvalue weighted by atomic mass is 9.98. The van der Waals surface area contributed by atoms with Crippen molar-refractivity contribution in [1.82, 2.24) is 0 Å². The van der Waals surface area contributed by atoms with Crippen molar-refractivity contribution in [1.29, 1.82) is 0 Å². The summed E-state index contributed by atoms with van der Waals surface area (Å²) >= 11 is 0. The highest BCUT2D eigenvalue weighted by atomic mass is 16.4. The van der Waals surface area contributed by atoms with Gasteiger partial charge in [-0.25, -0.2) is 0 Å². The van der Waals surface area contributed by atoms with Gasteiger partial charge in [-0.2, -0.15) is 0 Å². The third-order valence-electron chi connectivity index (χ3n) is 2.32. The highest BCUT2D eigenvalue weighted by Gasteiger charge is 2.20. The monoisotopic (exact) mass is 183 g/mol. The van der Waals surface area contributed by atoms with Crippen LogP contribution < -0.4 is 5.73 Å². The Morgan fingerprint density at radius 3 is 2.69 bits per heavy atom. The van der Waals surface area contributed by atoms with Crippen LogP contribution in [0.3, 0.4) is 0 Å². The molecule has 0 radical (unpaired) electrons. The van der Waals surface area contributed by atoms with Crippen LogP contribution in [0.25, 0.3) is 0 Å². The zero-order valence-electron chi connectivity index (χ0n) is 8.16. The van der Waals surface area contributed by atoms with Crippen LogP contribution in [0.1, 0.15) is 30.8 Å². The van der Waals surface area contributed by atoms with Crippen molar-refractivity contribution >= 4 is 0 Å². The summed E-state index contributed by atoms with van der Waals surface area (Å²) in [5.74, 6) is 0.709. The van der Waals surface area contributed by atoms with Gasteiger partial charge < -0.3 is 15.3 Å². The number of aryl methyl sites for hydroxylation is 1. The van der Waals surface area contributed by atoms with E-state index in [1.807, 2.05) is 19.9 Å². The SMILES string of the molecule is CCC(CN)C(O)c1cc(C)co1. The molecule has 1 rings (SSSR count). The molecule has 1 aromatic heterocycles. The van der Waals surface area contributed by atoms with Gasteiger partial charge in [-0.15, -0.1) is 0 Å². The second kappa shape index (κ2) is 4.44. The number of rotatable bonds is 4. The highest BCUT2D eigenvalue weighted by molar-refractivity contribution is 5.13. The Hall–Kier alpha value is -0.800. The van der Waals surface area contributed by atoms with Crippen LogP contribution in [0.4, 0.5) is 0 Å². The zero-order chi connectivity index (χ0) is 9.84. The molecule has 0 bridgehead atoms. The van der Waals surface area contributed by atoms with Crippen molar-refractivity contribution in [2.45, 2.75) is 26.4 Å². The second-order valence-electron chi connectivity index (χ2n) is 3.38. The van der Waals surface area contributed by atoms with Crippen LogP contribution in [-0.2, 0) is 0 Å². The molecule has 74 valence electrons. The fraction of sp³-hybridized carbons (Fsp3) is 0.600. The Kier molecular flexibility index (Phi) is 3.51. The van der Waals surface area contributed by atoms with Gasteiger partial charge in [0.25, 0.3) is 0 Å². The van der Waals surface area contributed by atoms with Crippen molar-refractivity contribution < 1.29 is 9.52 Å². The number of hydrogen-bond acceptors (Lipinski definition) is 3. The van der Waals surface area contributed by atoms with Gasteiger partial charge in [0.1, 0.15) is 11.9 Å². The van der Waals surface area contributed by atoms with Crippen LogP contribution in [0, 0.1) is 12.8 Å². The van der Waals surface area contributed by atoms with E-state index in [-0.39, 0.29) is 5.92 Å². The molecule has 0 aliphatic heterocycles. The third-order valence-corrected chi connectivity index (χ3v) is 2.32. The van der Waals surface area contributed by atoms with Gasteiger partial charge >= 0.3 is 0 Å².